The fourth-order valence-electron chi connectivity index (χ4n) is 3.59. The standard InChI is InChI=1S/C22H26N2O5S/c1-6-29-20-12-15(10-11-19(20)28-4)18(13-30(5,26)27)24-17-9-7-8-16(14(2)3)21(17)23-22(24)25/h7-12,18H,2,6,13H2,1,3-5H3,(H,23,25). The van der Waals surface area contributed by atoms with Crippen molar-refractivity contribution in [3.63, 3.8) is 0 Å². The van der Waals surface area contributed by atoms with Crippen molar-refractivity contribution in [1.29, 1.82) is 0 Å². The lowest BCUT2D eigenvalue weighted by Crippen LogP contribution is -2.28. The van der Waals surface area contributed by atoms with Gasteiger partial charge in [-0.05, 0) is 43.2 Å². The van der Waals surface area contributed by atoms with Crippen molar-refractivity contribution >= 4 is 26.4 Å². The van der Waals surface area contributed by atoms with Gasteiger partial charge in [0, 0.05) is 11.8 Å². The normalized spacial score (nSPS) is 12.7. The Morgan fingerprint density at radius 1 is 1.23 bits per heavy atom. The van der Waals surface area contributed by atoms with Gasteiger partial charge in [-0.3, -0.25) is 4.57 Å². The molecule has 1 unspecified atom stereocenters. The summed E-state index contributed by atoms with van der Waals surface area (Å²) >= 11 is 0. The molecule has 0 saturated carbocycles. The van der Waals surface area contributed by atoms with E-state index in [0.717, 1.165) is 17.4 Å². The molecule has 0 aliphatic heterocycles. The van der Waals surface area contributed by atoms with E-state index in [1.54, 1.807) is 24.3 Å². The van der Waals surface area contributed by atoms with Gasteiger partial charge >= 0.3 is 5.69 Å². The molecular weight excluding hydrogens is 404 g/mol. The summed E-state index contributed by atoms with van der Waals surface area (Å²) in [7, 11) is -1.88. The van der Waals surface area contributed by atoms with Crippen LogP contribution in [-0.2, 0) is 9.84 Å². The van der Waals surface area contributed by atoms with E-state index in [4.69, 9.17) is 9.47 Å². The fourth-order valence-corrected chi connectivity index (χ4v) is 4.50. The second kappa shape index (κ2) is 8.39. The molecule has 0 radical (unpaired) electrons. The van der Waals surface area contributed by atoms with E-state index in [9.17, 15) is 13.2 Å². The Bertz CT molecular complexity index is 1250. The summed E-state index contributed by atoms with van der Waals surface area (Å²) in [5, 5.41) is 0. The van der Waals surface area contributed by atoms with Crippen molar-refractivity contribution in [2.45, 2.75) is 19.9 Å². The quantitative estimate of drug-likeness (QED) is 0.591. The predicted octanol–water partition coefficient (Wildman–Crippen LogP) is 3.40. The number of ether oxygens (including phenoxy) is 2. The summed E-state index contributed by atoms with van der Waals surface area (Å²) in [6.45, 7) is 8.10. The summed E-state index contributed by atoms with van der Waals surface area (Å²) < 4.78 is 37.0. The van der Waals surface area contributed by atoms with E-state index in [1.165, 1.54) is 11.7 Å². The number of methoxy groups -OCH3 is 1. The zero-order chi connectivity index (χ0) is 22.1. The molecule has 0 saturated heterocycles. The van der Waals surface area contributed by atoms with Gasteiger partial charge in [-0.15, -0.1) is 0 Å². The van der Waals surface area contributed by atoms with Crippen LogP contribution in [0.5, 0.6) is 11.5 Å². The molecule has 0 amide bonds. The summed E-state index contributed by atoms with van der Waals surface area (Å²) in [5.41, 5.74) is 3.10. The first-order chi connectivity index (χ1) is 14.2. The molecule has 1 aromatic heterocycles. The first kappa shape index (κ1) is 21.7. The minimum atomic E-state index is -3.41. The molecule has 3 rings (SSSR count). The van der Waals surface area contributed by atoms with Crippen LogP contribution in [0.25, 0.3) is 16.6 Å². The lowest BCUT2D eigenvalue weighted by atomic mass is 10.1. The molecule has 0 aliphatic carbocycles. The molecule has 0 bridgehead atoms. The molecule has 1 heterocycles. The average molecular weight is 431 g/mol. The Kier molecular flexibility index (Phi) is 6.07. The van der Waals surface area contributed by atoms with Gasteiger partial charge in [0.1, 0.15) is 9.84 Å². The number of imidazole rings is 1. The molecular formula is C22H26N2O5S. The first-order valence-corrected chi connectivity index (χ1v) is 11.6. The number of benzene rings is 2. The molecule has 2 aromatic carbocycles. The van der Waals surface area contributed by atoms with Gasteiger partial charge in [0.15, 0.2) is 11.5 Å². The number of hydrogen-bond acceptors (Lipinski definition) is 5. The molecule has 0 spiro atoms. The van der Waals surface area contributed by atoms with E-state index < -0.39 is 15.9 Å². The van der Waals surface area contributed by atoms with Crippen molar-refractivity contribution in [3.05, 3.63) is 64.6 Å². The van der Waals surface area contributed by atoms with E-state index in [0.29, 0.717) is 34.7 Å². The lowest BCUT2D eigenvalue weighted by molar-refractivity contribution is 0.310. The number of aromatic amines is 1. The van der Waals surface area contributed by atoms with Crippen LogP contribution in [0.4, 0.5) is 0 Å². The second-order valence-corrected chi connectivity index (χ2v) is 9.42. The number of H-pyrrole nitrogens is 1. The van der Waals surface area contributed by atoms with Crippen molar-refractivity contribution in [3.8, 4) is 11.5 Å². The van der Waals surface area contributed by atoms with Crippen molar-refractivity contribution in [2.24, 2.45) is 0 Å². The highest BCUT2D eigenvalue weighted by Gasteiger charge is 2.25. The van der Waals surface area contributed by atoms with Crippen LogP contribution >= 0.6 is 0 Å². The molecule has 160 valence electrons. The summed E-state index contributed by atoms with van der Waals surface area (Å²) in [4.78, 5) is 15.8. The van der Waals surface area contributed by atoms with E-state index in [2.05, 4.69) is 11.6 Å². The third-order valence-corrected chi connectivity index (χ3v) is 5.78. The fraction of sp³-hybridized carbons (Fsp3) is 0.318. The van der Waals surface area contributed by atoms with E-state index in [-0.39, 0.29) is 11.4 Å². The number of hydrogen-bond donors (Lipinski definition) is 1. The number of fused-ring (bicyclic) bond motifs is 1. The number of nitrogens with zero attached hydrogens (tertiary/aromatic N) is 1. The first-order valence-electron chi connectivity index (χ1n) is 9.53. The Morgan fingerprint density at radius 2 is 1.97 bits per heavy atom. The zero-order valence-corrected chi connectivity index (χ0v) is 18.4. The molecule has 0 aliphatic rings. The number of rotatable bonds is 8. The highest BCUT2D eigenvalue weighted by molar-refractivity contribution is 7.90. The maximum absolute atomic E-state index is 13.0. The largest absolute Gasteiger partial charge is 0.493 e. The number of aromatic nitrogens is 2. The number of allylic oxidation sites excluding steroid dienone is 1. The van der Waals surface area contributed by atoms with Gasteiger partial charge in [-0.2, -0.15) is 0 Å². The van der Waals surface area contributed by atoms with Crippen LogP contribution in [0.15, 0.2) is 47.8 Å². The SMILES string of the molecule is C=C(C)c1cccc2c1[nH]c(=O)n2C(CS(C)(=O)=O)c1ccc(OC)c(OCC)c1. The van der Waals surface area contributed by atoms with E-state index in [1.807, 2.05) is 26.0 Å². The molecule has 0 fully saturated rings. The number of sulfone groups is 1. The molecule has 30 heavy (non-hydrogen) atoms. The van der Waals surface area contributed by atoms with Crippen LogP contribution < -0.4 is 15.2 Å². The Hall–Kier alpha value is -3.00. The highest BCUT2D eigenvalue weighted by Crippen LogP contribution is 2.33. The molecule has 1 atom stereocenters. The maximum Gasteiger partial charge on any atom is 0.327 e. The predicted molar refractivity (Wildman–Crippen MR) is 119 cm³/mol. The average Bonchev–Trinajstić information content (AvgIpc) is 3.01. The van der Waals surface area contributed by atoms with Crippen LogP contribution in [0.2, 0.25) is 0 Å². The molecule has 1 N–H and O–H groups in total. The van der Waals surface area contributed by atoms with Gasteiger partial charge in [-0.25, -0.2) is 13.2 Å². The lowest BCUT2D eigenvalue weighted by Gasteiger charge is -2.20. The molecule has 8 heteroatoms. The van der Waals surface area contributed by atoms with Gasteiger partial charge in [0.25, 0.3) is 0 Å². The summed E-state index contributed by atoms with van der Waals surface area (Å²) in [5.74, 6) is 0.788. The van der Waals surface area contributed by atoms with Crippen LogP contribution in [-0.4, -0.2) is 43.7 Å². The smallest absolute Gasteiger partial charge is 0.327 e. The monoisotopic (exact) mass is 430 g/mol. The van der Waals surface area contributed by atoms with E-state index >= 15 is 0 Å². The number of para-hydroxylation sites is 1. The van der Waals surface area contributed by atoms with Crippen LogP contribution in [0.1, 0.15) is 31.0 Å². The third-order valence-electron chi connectivity index (χ3n) is 4.86. The third kappa shape index (κ3) is 4.28. The Balaban J connectivity index is 2.28. The minimum absolute atomic E-state index is 0.241. The van der Waals surface area contributed by atoms with Crippen LogP contribution in [0, 0.1) is 0 Å². The van der Waals surface area contributed by atoms with Crippen molar-refractivity contribution < 1.29 is 17.9 Å². The molecule has 7 nitrogen and oxygen atoms in total. The summed E-state index contributed by atoms with van der Waals surface area (Å²) in [6.07, 6.45) is 1.16. The van der Waals surface area contributed by atoms with Crippen molar-refractivity contribution in [2.75, 3.05) is 25.7 Å². The molecule has 3 aromatic rings. The zero-order valence-electron chi connectivity index (χ0n) is 17.6. The maximum atomic E-state index is 13.0. The Labute approximate surface area is 175 Å². The van der Waals surface area contributed by atoms with Crippen molar-refractivity contribution in [1.82, 2.24) is 9.55 Å². The van der Waals surface area contributed by atoms with Gasteiger partial charge in [-0.1, -0.05) is 24.8 Å². The number of nitrogens with one attached hydrogen (secondary N) is 1. The van der Waals surface area contributed by atoms with Crippen LogP contribution in [0.3, 0.4) is 0 Å². The topological polar surface area (TPSA) is 90.4 Å². The second-order valence-electron chi connectivity index (χ2n) is 7.23. The van der Waals surface area contributed by atoms with Gasteiger partial charge in [0.2, 0.25) is 0 Å². The Morgan fingerprint density at radius 3 is 2.57 bits per heavy atom. The minimum Gasteiger partial charge on any atom is -0.493 e. The van der Waals surface area contributed by atoms with Gasteiger partial charge < -0.3 is 14.5 Å². The van der Waals surface area contributed by atoms with Gasteiger partial charge in [0.05, 0.1) is 36.5 Å². The summed E-state index contributed by atoms with van der Waals surface area (Å²) in [6, 6.07) is 9.95. The highest BCUT2D eigenvalue weighted by atomic mass is 32.2.